The molecule has 1 saturated heterocycles. The van der Waals surface area contributed by atoms with Gasteiger partial charge in [0.05, 0.1) is 20.3 Å². The molecule has 0 saturated carbocycles. The highest BCUT2D eigenvalue weighted by molar-refractivity contribution is 7.77. The van der Waals surface area contributed by atoms with Gasteiger partial charge in [-0.2, -0.15) is 0 Å². The average molecular weight is 553 g/mol. The Morgan fingerprint density at radius 1 is 1.18 bits per heavy atom. The largest absolute Gasteiger partial charge is 0.494 e. The Bertz CT molecular complexity index is 1500. The highest BCUT2D eigenvalue weighted by Gasteiger charge is 2.22. The molecule has 39 heavy (non-hydrogen) atoms. The lowest BCUT2D eigenvalue weighted by molar-refractivity contribution is 0.122. The van der Waals surface area contributed by atoms with Gasteiger partial charge in [0, 0.05) is 42.3 Å². The molecule has 2 aromatic heterocycles. The Morgan fingerprint density at radius 2 is 2.00 bits per heavy atom. The van der Waals surface area contributed by atoms with Crippen LogP contribution < -0.4 is 20.1 Å². The van der Waals surface area contributed by atoms with Crippen molar-refractivity contribution < 1.29 is 22.6 Å². The fourth-order valence-electron chi connectivity index (χ4n) is 4.61. The maximum absolute atomic E-state index is 15.7. The summed E-state index contributed by atoms with van der Waals surface area (Å²) in [6.45, 7) is 2.72. The first kappa shape index (κ1) is 26.9. The topological polar surface area (TPSA) is 136 Å². The SMILES string of the molecule is COc1cc(-c2cccc(CCCNS(=O)O)c2F)cc2c(N3CCOCC3)nc(-c3ccc(N)nc3)nc12. The molecule has 0 radical (unpaired) electrons. The molecular weight excluding hydrogens is 523 g/mol. The Balaban J connectivity index is 1.62. The number of aryl methyl sites for hydroxylation is 1. The van der Waals surface area contributed by atoms with Crippen molar-refractivity contribution in [3.63, 3.8) is 0 Å². The van der Waals surface area contributed by atoms with Crippen LogP contribution in [-0.2, 0) is 22.4 Å². The van der Waals surface area contributed by atoms with Crippen molar-refractivity contribution in [2.45, 2.75) is 12.8 Å². The van der Waals surface area contributed by atoms with E-state index in [1.165, 1.54) is 0 Å². The van der Waals surface area contributed by atoms with Crippen LogP contribution in [0.25, 0.3) is 33.4 Å². The number of methoxy groups -OCH3 is 1. The van der Waals surface area contributed by atoms with E-state index in [2.05, 4.69) is 14.6 Å². The third-order valence-electron chi connectivity index (χ3n) is 6.56. The highest BCUT2D eigenvalue weighted by atomic mass is 32.2. The van der Waals surface area contributed by atoms with Gasteiger partial charge < -0.3 is 20.1 Å². The van der Waals surface area contributed by atoms with E-state index in [0.29, 0.717) is 96.7 Å². The monoisotopic (exact) mass is 552 g/mol. The van der Waals surface area contributed by atoms with Crippen LogP contribution in [0.15, 0.2) is 48.7 Å². The van der Waals surface area contributed by atoms with E-state index in [0.717, 1.165) is 5.39 Å². The summed E-state index contributed by atoms with van der Waals surface area (Å²) in [5, 5.41) is 0.734. The Hall–Kier alpha value is -3.71. The number of pyridine rings is 1. The van der Waals surface area contributed by atoms with Crippen molar-refractivity contribution in [3.8, 4) is 28.3 Å². The molecule has 4 N–H and O–H groups in total. The average Bonchev–Trinajstić information content (AvgIpc) is 2.95. The molecule has 204 valence electrons. The standard InChI is InChI=1S/C27H29FN6O4S/c1-37-22-15-19(20-6-2-4-17(24(20)28)5-3-9-31-39(35)36)14-21-25(22)32-26(18-7-8-23(29)30-16-18)33-27(21)34-10-12-38-13-11-34/h2,4,6-8,14-16,31H,3,5,9-13H2,1H3,(H2,29,30)(H,35,36). The van der Waals surface area contributed by atoms with E-state index < -0.39 is 11.3 Å². The zero-order chi connectivity index (χ0) is 27.4. The maximum Gasteiger partial charge on any atom is 0.231 e. The third kappa shape index (κ3) is 5.98. The number of aromatic nitrogens is 3. The van der Waals surface area contributed by atoms with Crippen LogP contribution in [-0.4, -0.2) is 63.7 Å². The van der Waals surface area contributed by atoms with Gasteiger partial charge in [0.2, 0.25) is 11.3 Å². The number of rotatable bonds is 9. The molecular formula is C27H29FN6O4S. The molecule has 0 bridgehead atoms. The Kier molecular flexibility index (Phi) is 8.27. The van der Waals surface area contributed by atoms with Gasteiger partial charge >= 0.3 is 0 Å². The number of nitrogen functional groups attached to an aromatic ring is 1. The fraction of sp³-hybridized carbons (Fsp3) is 0.296. The number of nitrogens with two attached hydrogens (primary N) is 1. The van der Waals surface area contributed by atoms with Crippen LogP contribution in [0.1, 0.15) is 12.0 Å². The van der Waals surface area contributed by atoms with E-state index in [-0.39, 0.29) is 5.82 Å². The molecule has 4 aromatic rings. The molecule has 0 spiro atoms. The zero-order valence-electron chi connectivity index (χ0n) is 21.4. The van der Waals surface area contributed by atoms with Crippen molar-refractivity contribution in [1.29, 1.82) is 0 Å². The van der Waals surface area contributed by atoms with Crippen LogP contribution in [0.3, 0.4) is 0 Å². The zero-order valence-corrected chi connectivity index (χ0v) is 22.2. The van der Waals surface area contributed by atoms with Gasteiger partial charge in [-0.15, -0.1) is 0 Å². The molecule has 12 heteroatoms. The Labute approximate surface area is 227 Å². The number of hydrogen-bond donors (Lipinski definition) is 3. The second-order valence-corrected chi connectivity index (χ2v) is 9.83. The predicted molar refractivity (Wildman–Crippen MR) is 149 cm³/mol. The second kappa shape index (κ2) is 12.0. The van der Waals surface area contributed by atoms with E-state index >= 15 is 4.39 Å². The van der Waals surface area contributed by atoms with Gasteiger partial charge in [0.25, 0.3) is 0 Å². The summed E-state index contributed by atoms with van der Waals surface area (Å²) >= 11 is -2.09. The molecule has 1 aliphatic heterocycles. The second-order valence-electron chi connectivity index (χ2n) is 9.04. The van der Waals surface area contributed by atoms with Gasteiger partial charge in [0.15, 0.2) is 5.82 Å². The summed E-state index contributed by atoms with van der Waals surface area (Å²) in [6.07, 6.45) is 2.55. The number of halogens is 1. The number of ether oxygens (including phenoxy) is 2. The summed E-state index contributed by atoms with van der Waals surface area (Å²) in [5.74, 6) is 1.73. The number of nitrogens with one attached hydrogen (secondary N) is 1. The van der Waals surface area contributed by atoms with E-state index in [1.807, 2.05) is 12.1 Å². The van der Waals surface area contributed by atoms with Crippen LogP contribution in [0.4, 0.5) is 16.0 Å². The van der Waals surface area contributed by atoms with Crippen molar-refractivity contribution in [2.24, 2.45) is 0 Å². The van der Waals surface area contributed by atoms with E-state index in [1.54, 1.807) is 43.6 Å². The number of fused-ring (bicyclic) bond motifs is 1. The summed E-state index contributed by atoms with van der Waals surface area (Å²) in [7, 11) is 1.56. The summed E-state index contributed by atoms with van der Waals surface area (Å²) < 4.78 is 49.2. The van der Waals surface area contributed by atoms with Crippen molar-refractivity contribution >= 4 is 33.8 Å². The van der Waals surface area contributed by atoms with Gasteiger partial charge in [0.1, 0.15) is 28.7 Å². The molecule has 1 aliphatic rings. The number of anilines is 2. The third-order valence-corrected chi connectivity index (χ3v) is 7.01. The molecule has 0 amide bonds. The summed E-state index contributed by atoms with van der Waals surface area (Å²) in [6, 6.07) is 12.5. The first-order valence-corrected chi connectivity index (χ1v) is 13.6. The van der Waals surface area contributed by atoms with Crippen LogP contribution in [0.5, 0.6) is 5.75 Å². The van der Waals surface area contributed by atoms with Crippen LogP contribution in [0.2, 0.25) is 0 Å². The lowest BCUT2D eigenvalue weighted by Crippen LogP contribution is -2.37. The maximum atomic E-state index is 15.7. The molecule has 1 unspecified atom stereocenters. The van der Waals surface area contributed by atoms with Gasteiger partial charge in [-0.25, -0.2) is 28.3 Å². The minimum atomic E-state index is -2.09. The normalized spacial score (nSPS) is 14.5. The molecule has 10 nitrogen and oxygen atoms in total. The predicted octanol–water partition coefficient (Wildman–Crippen LogP) is 3.58. The van der Waals surface area contributed by atoms with Gasteiger partial charge in [-0.1, -0.05) is 18.2 Å². The molecule has 1 fully saturated rings. The Morgan fingerprint density at radius 3 is 2.72 bits per heavy atom. The number of hydrogen-bond acceptors (Lipinski definition) is 8. The van der Waals surface area contributed by atoms with E-state index in [4.69, 9.17) is 29.7 Å². The van der Waals surface area contributed by atoms with Crippen LogP contribution >= 0.6 is 0 Å². The summed E-state index contributed by atoms with van der Waals surface area (Å²) in [5.41, 5.74) is 8.67. The molecule has 2 aromatic carbocycles. The molecule has 5 rings (SSSR count). The quantitative estimate of drug-likeness (QED) is 0.210. The van der Waals surface area contributed by atoms with Crippen molar-refractivity contribution in [1.82, 2.24) is 19.7 Å². The van der Waals surface area contributed by atoms with Gasteiger partial charge in [-0.05, 0) is 48.2 Å². The first-order chi connectivity index (χ1) is 18.9. The molecule has 0 aliphatic carbocycles. The van der Waals surface area contributed by atoms with Crippen molar-refractivity contribution in [3.05, 3.63) is 60.0 Å². The number of benzene rings is 2. The van der Waals surface area contributed by atoms with Crippen molar-refractivity contribution in [2.75, 3.05) is 50.6 Å². The van der Waals surface area contributed by atoms with Gasteiger partial charge in [-0.3, -0.25) is 4.55 Å². The minimum absolute atomic E-state index is 0.294. The lowest BCUT2D eigenvalue weighted by Gasteiger charge is -2.29. The first-order valence-electron chi connectivity index (χ1n) is 12.5. The summed E-state index contributed by atoms with van der Waals surface area (Å²) in [4.78, 5) is 16.1. The highest BCUT2D eigenvalue weighted by Crippen LogP contribution is 2.38. The smallest absolute Gasteiger partial charge is 0.231 e. The molecule has 3 heterocycles. The van der Waals surface area contributed by atoms with E-state index in [9.17, 15) is 4.21 Å². The minimum Gasteiger partial charge on any atom is -0.494 e. The lowest BCUT2D eigenvalue weighted by atomic mass is 9.98. The van der Waals surface area contributed by atoms with Crippen LogP contribution in [0, 0.1) is 5.82 Å². The molecule has 1 atom stereocenters. The fourth-order valence-corrected chi connectivity index (χ4v) is 4.93. The number of nitrogens with zero attached hydrogens (tertiary/aromatic N) is 4. The number of morpholine rings is 1.